The molecule has 2 rings (SSSR count). The number of nitrogens with one attached hydrogen (secondary N) is 1. The number of alkyl halides is 2. The molecular weight excluding hydrogens is 260 g/mol. The Balaban J connectivity index is 2.16. The highest BCUT2D eigenvalue weighted by atomic mass is 32.2. The molecule has 0 aliphatic heterocycles. The lowest BCUT2D eigenvalue weighted by molar-refractivity contribution is 0.102. The van der Waals surface area contributed by atoms with Gasteiger partial charge in [-0.25, -0.2) is 0 Å². The Morgan fingerprint density at radius 3 is 2.72 bits per heavy atom. The van der Waals surface area contributed by atoms with Crippen molar-refractivity contribution in [3.63, 3.8) is 0 Å². The van der Waals surface area contributed by atoms with Crippen molar-refractivity contribution in [2.75, 3.05) is 5.32 Å². The molecule has 0 atom stereocenters. The first-order valence-corrected chi connectivity index (χ1v) is 5.92. The third-order valence-corrected chi connectivity index (χ3v) is 2.92. The number of furan rings is 1. The van der Waals surface area contributed by atoms with Crippen molar-refractivity contribution >= 4 is 23.4 Å². The molecule has 1 aromatic heterocycles. The molecule has 0 unspecified atom stereocenters. The van der Waals surface area contributed by atoms with Gasteiger partial charge < -0.3 is 9.73 Å². The van der Waals surface area contributed by atoms with Crippen LogP contribution in [0.5, 0.6) is 0 Å². The van der Waals surface area contributed by atoms with Gasteiger partial charge in [-0.05, 0) is 18.2 Å². The number of para-hydroxylation sites is 1. The van der Waals surface area contributed by atoms with E-state index in [0.29, 0.717) is 27.9 Å². The van der Waals surface area contributed by atoms with Gasteiger partial charge >= 0.3 is 0 Å². The zero-order valence-electron chi connectivity index (χ0n) is 9.10. The SMILES string of the molecule is O=C(Nc1ccccc1SC(F)F)c1ccoc1. The maximum atomic E-state index is 12.3. The lowest BCUT2D eigenvalue weighted by Gasteiger charge is -2.09. The molecule has 0 aliphatic carbocycles. The molecule has 0 aliphatic rings. The van der Waals surface area contributed by atoms with Gasteiger partial charge in [0.05, 0.1) is 17.5 Å². The number of halogens is 2. The van der Waals surface area contributed by atoms with Gasteiger partial charge in [-0.1, -0.05) is 23.9 Å². The fourth-order valence-electron chi connectivity index (χ4n) is 1.36. The summed E-state index contributed by atoms with van der Waals surface area (Å²) in [6.07, 6.45) is 2.66. The van der Waals surface area contributed by atoms with Gasteiger partial charge in [0, 0.05) is 4.90 Å². The van der Waals surface area contributed by atoms with Crippen molar-refractivity contribution in [3.8, 4) is 0 Å². The van der Waals surface area contributed by atoms with Crippen molar-refractivity contribution in [3.05, 3.63) is 48.4 Å². The van der Waals surface area contributed by atoms with Crippen molar-refractivity contribution in [2.45, 2.75) is 10.7 Å². The monoisotopic (exact) mass is 269 g/mol. The largest absolute Gasteiger partial charge is 0.472 e. The summed E-state index contributed by atoms with van der Waals surface area (Å²) >= 11 is 0.393. The second-order valence-electron chi connectivity index (χ2n) is 3.34. The van der Waals surface area contributed by atoms with Crippen molar-refractivity contribution in [2.24, 2.45) is 0 Å². The van der Waals surface area contributed by atoms with E-state index >= 15 is 0 Å². The molecule has 18 heavy (non-hydrogen) atoms. The topological polar surface area (TPSA) is 42.2 Å². The summed E-state index contributed by atoms with van der Waals surface area (Å²) in [6.45, 7) is 0. The molecule has 0 saturated heterocycles. The first kappa shape index (κ1) is 12.6. The maximum absolute atomic E-state index is 12.3. The maximum Gasteiger partial charge on any atom is 0.288 e. The number of benzene rings is 1. The molecule has 1 heterocycles. The van der Waals surface area contributed by atoms with Crippen LogP contribution in [-0.2, 0) is 0 Å². The third-order valence-electron chi connectivity index (χ3n) is 2.13. The average molecular weight is 269 g/mol. The van der Waals surface area contributed by atoms with E-state index in [2.05, 4.69) is 5.32 Å². The van der Waals surface area contributed by atoms with Crippen LogP contribution in [-0.4, -0.2) is 11.7 Å². The standard InChI is InChI=1S/C12H9F2NO2S/c13-12(14)18-10-4-2-1-3-9(10)15-11(16)8-5-6-17-7-8/h1-7,12H,(H,15,16). The number of hydrogen-bond acceptors (Lipinski definition) is 3. The van der Waals surface area contributed by atoms with E-state index in [1.54, 1.807) is 18.2 Å². The van der Waals surface area contributed by atoms with Gasteiger partial charge in [0.1, 0.15) is 6.26 Å². The van der Waals surface area contributed by atoms with Crippen LogP contribution >= 0.6 is 11.8 Å². The van der Waals surface area contributed by atoms with E-state index in [1.165, 1.54) is 24.7 Å². The Bertz CT molecular complexity index is 529. The lowest BCUT2D eigenvalue weighted by atomic mass is 10.3. The molecule has 0 saturated carbocycles. The molecule has 0 spiro atoms. The molecule has 0 fully saturated rings. The highest BCUT2D eigenvalue weighted by molar-refractivity contribution is 7.99. The Hall–Kier alpha value is -1.82. The molecule has 94 valence electrons. The third kappa shape index (κ3) is 3.10. The highest BCUT2D eigenvalue weighted by Gasteiger charge is 2.13. The first-order chi connectivity index (χ1) is 8.66. The predicted octanol–water partition coefficient (Wildman–Crippen LogP) is 3.85. The lowest BCUT2D eigenvalue weighted by Crippen LogP contribution is -2.11. The summed E-state index contributed by atoms with van der Waals surface area (Å²) in [5, 5.41) is 2.57. The van der Waals surface area contributed by atoms with E-state index < -0.39 is 11.7 Å². The van der Waals surface area contributed by atoms with E-state index in [0.717, 1.165) is 0 Å². The number of anilines is 1. The molecule has 6 heteroatoms. The number of amides is 1. The number of carbonyl (C=O) groups is 1. The molecule has 1 N–H and O–H groups in total. The van der Waals surface area contributed by atoms with Crippen LogP contribution in [0.25, 0.3) is 0 Å². The molecule has 0 bridgehead atoms. The Kier molecular flexibility index (Phi) is 3.99. The van der Waals surface area contributed by atoms with E-state index in [-0.39, 0.29) is 0 Å². The zero-order valence-corrected chi connectivity index (χ0v) is 9.92. The van der Waals surface area contributed by atoms with Crippen LogP contribution < -0.4 is 5.32 Å². The number of carbonyl (C=O) groups excluding carboxylic acids is 1. The van der Waals surface area contributed by atoms with E-state index in [9.17, 15) is 13.6 Å². The zero-order chi connectivity index (χ0) is 13.0. The average Bonchev–Trinajstić information content (AvgIpc) is 2.84. The summed E-state index contributed by atoms with van der Waals surface area (Å²) in [7, 11) is 0. The van der Waals surface area contributed by atoms with Gasteiger partial charge in [0.25, 0.3) is 11.7 Å². The summed E-state index contributed by atoms with van der Waals surface area (Å²) < 4.78 is 29.5. The molecule has 2 aromatic rings. The summed E-state index contributed by atoms with van der Waals surface area (Å²) in [6, 6.07) is 7.90. The fraction of sp³-hybridized carbons (Fsp3) is 0.0833. The molecular formula is C12H9F2NO2S. The van der Waals surface area contributed by atoms with Crippen LogP contribution in [0, 0.1) is 0 Å². The van der Waals surface area contributed by atoms with E-state index in [4.69, 9.17) is 4.42 Å². The molecule has 0 radical (unpaired) electrons. The Labute approximate surface area is 106 Å². The first-order valence-electron chi connectivity index (χ1n) is 5.04. The van der Waals surface area contributed by atoms with Crippen molar-refractivity contribution < 1.29 is 18.0 Å². The minimum absolute atomic E-state index is 0.323. The van der Waals surface area contributed by atoms with Crippen LogP contribution in [0.3, 0.4) is 0 Å². The van der Waals surface area contributed by atoms with Crippen molar-refractivity contribution in [1.82, 2.24) is 0 Å². The van der Waals surface area contributed by atoms with Gasteiger partial charge in [0.15, 0.2) is 0 Å². The minimum atomic E-state index is -2.53. The fourth-order valence-corrected chi connectivity index (χ4v) is 1.95. The summed E-state index contributed by atoms with van der Waals surface area (Å²) in [5.41, 5.74) is 0.695. The van der Waals surface area contributed by atoms with Gasteiger partial charge in [-0.3, -0.25) is 4.79 Å². The van der Waals surface area contributed by atoms with Crippen LogP contribution in [0.1, 0.15) is 10.4 Å². The molecule has 1 amide bonds. The van der Waals surface area contributed by atoms with Crippen LogP contribution in [0.15, 0.2) is 52.2 Å². The van der Waals surface area contributed by atoms with E-state index in [1.807, 2.05) is 0 Å². The Morgan fingerprint density at radius 2 is 2.06 bits per heavy atom. The second-order valence-corrected chi connectivity index (χ2v) is 4.37. The molecule has 1 aromatic carbocycles. The summed E-state index contributed by atoms with van der Waals surface area (Å²) in [5.74, 6) is -2.93. The number of hydrogen-bond donors (Lipinski definition) is 1. The predicted molar refractivity (Wildman–Crippen MR) is 65.0 cm³/mol. The number of thioether (sulfide) groups is 1. The van der Waals surface area contributed by atoms with Crippen LogP contribution in [0.4, 0.5) is 14.5 Å². The Morgan fingerprint density at radius 1 is 1.28 bits per heavy atom. The second kappa shape index (κ2) is 5.68. The van der Waals surface area contributed by atoms with Gasteiger partial charge in [0.2, 0.25) is 0 Å². The molecule has 3 nitrogen and oxygen atoms in total. The number of rotatable bonds is 4. The van der Waals surface area contributed by atoms with Crippen molar-refractivity contribution in [1.29, 1.82) is 0 Å². The van der Waals surface area contributed by atoms with Crippen LogP contribution in [0.2, 0.25) is 0 Å². The normalized spacial score (nSPS) is 10.6. The van der Waals surface area contributed by atoms with Gasteiger partial charge in [-0.2, -0.15) is 8.78 Å². The minimum Gasteiger partial charge on any atom is -0.472 e. The van der Waals surface area contributed by atoms with Gasteiger partial charge in [-0.15, -0.1) is 0 Å². The highest BCUT2D eigenvalue weighted by Crippen LogP contribution is 2.31. The summed E-state index contributed by atoms with van der Waals surface area (Å²) in [4.78, 5) is 12.1. The smallest absolute Gasteiger partial charge is 0.288 e. The quantitative estimate of drug-likeness (QED) is 0.857.